The quantitative estimate of drug-likeness (QED) is 0.532. The summed E-state index contributed by atoms with van der Waals surface area (Å²) in [5.74, 6) is 0. The van der Waals surface area contributed by atoms with Crippen LogP contribution in [0.3, 0.4) is 0 Å². The predicted octanol–water partition coefficient (Wildman–Crippen LogP) is -0.960. The summed E-state index contributed by atoms with van der Waals surface area (Å²) in [5.41, 5.74) is 0. The van der Waals surface area contributed by atoms with E-state index < -0.39 is 20.6 Å². The van der Waals surface area contributed by atoms with Crippen molar-refractivity contribution >= 4 is 20.6 Å². The van der Waals surface area contributed by atoms with Crippen LogP contribution in [-0.4, -0.2) is 31.1 Å². The van der Waals surface area contributed by atoms with Crippen LogP contribution in [0.5, 0.6) is 0 Å². The zero-order chi connectivity index (χ0) is 4.28. The van der Waals surface area contributed by atoms with Crippen molar-refractivity contribution in [1.82, 2.24) is 0 Å². The molecule has 3 nitrogen and oxygen atoms in total. The van der Waals surface area contributed by atoms with E-state index in [2.05, 4.69) is 3.07 Å². The van der Waals surface area contributed by atoms with Gasteiger partial charge in [-0.15, -0.1) is 0 Å². The molecule has 0 fully saturated rings. The van der Waals surface area contributed by atoms with Crippen molar-refractivity contribution in [3.8, 4) is 0 Å². The molecule has 0 rings (SSSR count). The van der Waals surface area contributed by atoms with Gasteiger partial charge in [-0.2, -0.15) is 0 Å². The second kappa shape index (κ2) is 2.74. The van der Waals surface area contributed by atoms with Gasteiger partial charge in [0.15, 0.2) is 0 Å². The van der Waals surface area contributed by atoms with Crippen molar-refractivity contribution < 1.29 is 9.59 Å². The van der Waals surface area contributed by atoms with Gasteiger partial charge in [0.05, 0.1) is 0 Å². The third-order valence-corrected chi connectivity index (χ3v) is 1.17. The summed E-state index contributed by atoms with van der Waals surface area (Å²) in [6, 6.07) is 0. The molecule has 0 aliphatic heterocycles. The normalized spacial score (nSPS) is 7.60. The summed E-state index contributed by atoms with van der Waals surface area (Å²) in [6.07, 6.45) is 0. The molecule has 0 aromatic heterocycles. The number of hydrogen-bond donors (Lipinski definition) is 1. The minimum atomic E-state index is -3.33. The first kappa shape index (κ1) is 5.52. The van der Waals surface area contributed by atoms with Crippen LogP contribution in [0.4, 0.5) is 0 Å². The average Bonchev–Trinajstić information content (AvgIpc) is 1.38. The zero-order valence-corrected chi connectivity index (χ0v) is 5.62. The number of rotatable bonds is 1. The standard InChI is InChI=1S/CH3O.H2O.O.Sn/c1-2;;;/h1H3;1H2;;/q-1;;;+2/p-1. The van der Waals surface area contributed by atoms with Crippen molar-refractivity contribution in [2.75, 3.05) is 7.11 Å². The fraction of sp³-hybridized carbons (Fsp3) is 1.00. The Hall–Kier alpha value is 0.519. The van der Waals surface area contributed by atoms with Gasteiger partial charge in [0, 0.05) is 0 Å². The van der Waals surface area contributed by atoms with Crippen LogP contribution in [0.15, 0.2) is 0 Å². The molecule has 0 atom stereocenters. The fourth-order valence-corrected chi connectivity index (χ4v) is 0. The molecule has 0 saturated heterocycles. The van der Waals surface area contributed by atoms with Crippen molar-refractivity contribution in [2.45, 2.75) is 0 Å². The van der Waals surface area contributed by atoms with Crippen LogP contribution < -0.4 is 0 Å². The molecule has 0 saturated carbocycles. The molecular weight excluding hydrogens is 179 g/mol. The molecule has 0 amide bonds. The first-order chi connectivity index (χ1) is 2.27. The first-order valence-corrected chi connectivity index (χ1v) is 4.65. The van der Waals surface area contributed by atoms with Gasteiger partial charge >= 0.3 is 37.3 Å². The van der Waals surface area contributed by atoms with E-state index in [1.54, 1.807) is 0 Å². The van der Waals surface area contributed by atoms with E-state index in [4.69, 9.17) is 3.44 Å². The SMILES string of the molecule is C[O][Sn](=[O])[OH]. The van der Waals surface area contributed by atoms with E-state index in [-0.39, 0.29) is 0 Å². The molecule has 0 aliphatic carbocycles. The van der Waals surface area contributed by atoms with E-state index >= 15 is 0 Å². The summed E-state index contributed by atoms with van der Waals surface area (Å²) >= 11 is -3.33. The van der Waals surface area contributed by atoms with Crippen LogP contribution in [0.2, 0.25) is 0 Å². The van der Waals surface area contributed by atoms with E-state index in [1.165, 1.54) is 7.11 Å². The summed E-state index contributed by atoms with van der Waals surface area (Å²) in [7, 11) is 1.22. The Bertz CT molecular complexity index is 42.2. The first-order valence-electron chi connectivity index (χ1n) is 1.04. The molecule has 0 aromatic carbocycles. The number of hydrogen-bond acceptors (Lipinski definition) is 2. The van der Waals surface area contributed by atoms with E-state index in [9.17, 15) is 3.08 Å². The Morgan fingerprint density at radius 3 is 2.20 bits per heavy atom. The molecule has 0 spiro atoms. The Morgan fingerprint density at radius 2 is 2.20 bits per heavy atom. The van der Waals surface area contributed by atoms with Gasteiger partial charge in [-0.05, 0) is 0 Å². The van der Waals surface area contributed by atoms with Crippen LogP contribution in [0, 0.1) is 0 Å². The van der Waals surface area contributed by atoms with Crippen LogP contribution in [0.1, 0.15) is 0 Å². The molecule has 30 valence electrons. The Morgan fingerprint density at radius 1 is 2.00 bits per heavy atom. The Balaban J connectivity index is 2.85. The van der Waals surface area contributed by atoms with Gasteiger partial charge in [0.2, 0.25) is 0 Å². The summed E-state index contributed by atoms with van der Waals surface area (Å²) < 4.78 is 21.2. The third-order valence-electron chi connectivity index (χ3n) is 0.175. The predicted molar refractivity (Wildman–Crippen MR) is 15.7 cm³/mol. The Kier molecular flexibility index (Phi) is 3.02. The van der Waals surface area contributed by atoms with Crippen molar-refractivity contribution in [3.05, 3.63) is 0 Å². The van der Waals surface area contributed by atoms with Gasteiger partial charge in [-0.1, -0.05) is 0 Å². The van der Waals surface area contributed by atoms with Crippen molar-refractivity contribution in [1.29, 1.82) is 0 Å². The molecule has 0 unspecified atom stereocenters. The third kappa shape index (κ3) is 4.52. The van der Waals surface area contributed by atoms with E-state index in [0.29, 0.717) is 0 Å². The fourth-order valence-electron chi connectivity index (χ4n) is 0. The van der Waals surface area contributed by atoms with Gasteiger partial charge in [0.1, 0.15) is 0 Å². The van der Waals surface area contributed by atoms with Gasteiger partial charge in [0.25, 0.3) is 0 Å². The second-order valence-electron chi connectivity index (χ2n) is 0.470. The van der Waals surface area contributed by atoms with Gasteiger partial charge < -0.3 is 0 Å². The topological polar surface area (TPSA) is 46.5 Å². The van der Waals surface area contributed by atoms with Gasteiger partial charge in [-0.3, -0.25) is 0 Å². The molecular formula is CH4O3Sn. The average molecular weight is 183 g/mol. The van der Waals surface area contributed by atoms with Crippen LogP contribution in [-0.2, 0) is 6.15 Å². The van der Waals surface area contributed by atoms with E-state index in [1.807, 2.05) is 0 Å². The van der Waals surface area contributed by atoms with Gasteiger partial charge in [-0.25, -0.2) is 0 Å². The Labute approximate surface area is 37.8 Å². The van der Waals surface area contributed by atoms with Crippen LogP contribution in [0.25, 0.3) is 0 Å². The maximum absolute atomic E-state index is 9.43. The molecule has 0 radical (unpaired) electrons. The molecule has 5 heavy (non-hydrogen) atoms. The molecule has 0 aromatic rings. The monoisotopic (exact) mass is 184 g/mol. The molecule has 1 N–H and O–H groups in total. The summed E-state index contributed by atoms with van der Waals surface area (Å²) in [5, 5.41) is 0. The molecule has 4 heteroatoms. The molecule has 0 aliphatic rings. The summed E-state index contributed by atoms with van der Waals surface area (Å²) in [6.45, 7) is 0. The summed E-state index contributed by atoms with van der Waals surface area (Å²) in [4.78, 5) is 0. The zero-order valence-electron chi connectivity index (χ0n) is 2.76. The second-order valence-corrected chi connectivity index (χ2v) is 3.15. The maximum atomic E-state index is 9.43. The minimum absolute atomic E-state index is 1.22. The van der Waals surface area contributed by atoms with Crippen molar-refractivity contribution in [3.63, 3.8) is 0 Å². The molecule has 0 heterocycles. The molecule has 0 bridgehead atoms. The van der Waals surface area contributed by atoms with Crippen LogP contribution >= 0.6 is 0 Å². The van der Waals surface area contributed by atoms with E-state index in [0.717, 1.165) is 0 Å². The van der Waals surface area contributed by atoms with Crippen molar-refractivity contribution in [2.24, 2.45) is 0 Å².